The van der Waals surface area contributed by atoms with Crippen LogP contribution in [0.15, 0.2) is 0 Å². The third-order valence-corrected chi connectivity index (χ3v) is 5.94. The molecule has 0 amide bonds. The first-order valence-corrected chi connectivity index (χ1v) is 14.2. The van der Waals surface area contributed by atoms with Crippen molar-refractivity contribution in [1.82, 2.24) is 4.90 Å². The zero-order chi connectivity index (χ0) is 24.1. The largest absolute Gasteiger partial charge is 0.379 e. The van der Waals surface area contributed by atoms with Gasteiger partial charge in [0.2, 0.25) is 0 Å². The van der Waals surface area contributed by atoms with E-state index in [9.17, 15) is 0 Å². The Morgan fingerprint density at radius 2 is 0.667 bits per heavy atom. The summed E-state index contributed by atoms with van der Waals surface area (Å²) in [5, 5.41) is 0. The SMILES string of the molecule is CCCCCCCCCCCCCCCCCCOCCOCCOCCOCCN(C)C. The van der Waals surface area contributed by atoms with Crippen LogP contribution in [-0.4, -0.2) is 78.4 Å². The smallest absolute Gasteiger partial charge is 0.0701 e. The monoisotopic (exact) mass is 473 g/mol. The van der Waals surface area contributed by atoms with Gasteiger partial charge in [0.25, 0.3) is 0 Å². The molecule has 0 aliphatic heterocycles. The summed E-state index contributed by atoms with van der Waals surface area (Å²) < 4.78 is 22.1. The molecule has 0 atom stereocenters. The summed E-state index contributed by atoms with van der Waals surface area (Å²) >= 11 is 0. The van der Waals surface area contributed by atoms with E-state index in [1.54, 1.807) is 0 Å². The number of unbranched alkanes of at least 4 members (excludes halogenated alkanes) is 15. The van der Waals surface area contributed by atoms with E-state index in [1.807, 2.05) is 14.1 Å². The number of hydrogen-bond acceptors (Lipinski definition) is 5. The Morgan fingerprint density at radius 3 is 1.03 bits per heavy atom. The van der Waals surface area contributed by atoms with E-state index < -0.39 is 0 Å². The van der Waals surface area contributed by atoms with E-state index in [2.05, 4.69) is 11.8 Å². The molecule has 0 saturated heterocycles. The number of ether oxygens (including phenoxy) is 4. The highest BCUT2D eigenvalue weighted by Gasteiger charge is 1.96. The summed E-state index contributed by atoms with van der Waals surface area (Å²) in [7, 11) is 4.09. The van der Waals surface area contributed by atoms with Crippen LogP contribution in [0.25, 0.3) is 0 Å². The molecule has 0 spiro atoms. The van der Waals surface area contributed by atoms with Crippen molar-refractivity contribution in [3.8, 4) is 0 Å². The summed E-state index contributed by atoms with van der Waals surface area (Å²) in [4.78, 5) is 2.11. The minimum Gasteiger partial charge on any atom is -0.379 e. The first-order valence-electron chi connectivity index (χ1n) is 14.2. The van der Waals surface area contributed by atoms with Gasteiger partial charge in [0.1, 0.15) is 0 Å². The van der Waals surface area contributed by atoms with Gasteiger partial charge in [-0.3, -0.25) is 0 Å². The predicted molar refractivity (Wildman–Crippen MR) is 141 cm³/mol. The Morgan fingerprint density at radius 1 is 0.364 bits per heavy atom. The molecule has 200 valence electrons. The highest BCUT2D eigenvalue weighted by atomic mass is 16.6. The van der Waals surface area contributed by atoms with Crippen LogP contribution in [0.2, 0.25) is 0 Å². The van der Waals surface area contributed by atoms with Crippen LogP contribution in [0.4, 0.5) is 0 Å². The molecule has 0 heterocycles. The molecule has 0 aromatic heterocycles. The maximum Gasteiger partial charge on any atom is 0.0701 e. The number of hydrogen-bond donors (Lipinski definition) is 0. The zero-order valence-electron chi connectivity index (χ0n) is 22.8. The lowest BCUT2D eigenvalue weighted by molar-refractivity contribution is -0.00325. The average Bonchev–Trinajstić information content (AvgIpc) is 2.80. The van der Waals surface area contributed by atoms with Gasteiger partial charge in [-0.1, -0.05) is 103 Å². The minimum absolute atomic E-state index is 0.621. The molecular formula is C28H59NO4. The fraction of sp³-hybridized carbons (Fsp3) is 1.00. The molecule has 0 aromatic rings. The van der Waals surface area contributed by atoms with Gasteiger partial charge < -0.3 is 23.8 Å². The van der Waals surface area contributed by atoms with E-state index in [-0.39, 0.29) is 0 Å². The Labute approximate surface area is 207 Å². The van der Waals surface area contributed by atoms with Crippen molar-refractivity contribution in [3.63, 3.8) is 0 Å². The first kappa shape index (κ1) is 32.8. The average molecular weight is 474 g/mol. The molecule has 5 heteroatoms. The van der Waals surface area contributed by atoms with Crippen molar-refractivity contribution in [3.05, 3.63) is 0 Å². The van der Waals surface area contributed by atoms with E-state index >= 15 is 0 Å². The molecule has 0 bridgehead atoms. The normalized spacial score (nSPS) is 11.6. The van der Waals surface area contributed by atoms with Gasteiger partial charge in [0.15, 0.2) is 0 Å². The number of nitrogens with zero attached hydrogens (tertiary/aromatic N) is 1. The van der Waals surface area contributed by atoms with Gasteiger partial charge >= 0.3 is 0 Å². The standard InChI is InChI=1S/C28H59NO4/c1-4-5-6-7-8-9-10-11-12-13-14-15-16-17-18-19-21-30-23-25-32-27-28-33-26-24-31-22-20-29(2)3/h4-28H2,1-3H3. The minimum atomic E-state index is 0.621. The maximum absolute atomic E-state index is 5.65. The van der Waals surface area contributed by atoms with E-state index in [0.29, 0.717) is 39.6 Å². The van der Waals surface area contributed by atoms with Gasteiger partial charge in [-0.15, -0.1) is 0 Å². The molecule has 0 aliphatic rings. The van der Waals surface area contributed by atoms with Crippen LogP contribution in [0.5, 0.6) is 0 Å². The molecule has 0 N–H and O–H groups in total. The van der Waals surface area contributed by atoms with E-state index in [4.69, 9.17) is 18.9 Å². The summed E-state index contributed by atoms with van der Waals surface area (Å²) in [5.74, 6) is 0. The lowest BCUT2D eigenvalue weighted by Gasteiger charge is -2.10. The van der Waals surface area contributed by atoms with Crippen molar-refractivity contribution in [2.45, 2.75) is 110 Å². The van der Waals surface area contributed by atoms with Crippen LogP contribution in [-0.2, 0) is 18.9 Å². The molecule has 5 nitrogen and oxygen atoms in total. The Bertz CT molecular complexity index is 342. The summed E-state index contributed by atoms with van der Waals surface area (Å²) in [5.41, 5.74) is 0. The summed E-state index contributed by atoms with van der Waals surface area (Å²) in [6.45, 7) is 8.72. The van der Waals surface area contributed by atoms with Crippen LogP contribution in [0.1, 0.15) is 110 Å². The first-order chi connectivity index (χ1) is 16.3. The van der Waals surface area contributed by atoms with Crippen molar-refractivity contribution in [2.75, 3.05) is 73.5 Å². The molecule has 0 saturated carbocycles. The topological polar surface area (TPSA) is 40.2 Å². The maximum atomic E-state index is 5.65. The third-order valence-electron chi connectivity index (χ3n) is 5.94. The highest BCUT2D eigenvalue weighted by Crippen LogP contribution is 2.13. The number of rotatable bonds is 29. The molecular weight excluding hydrogens is 414 g/mol. The molecule has 0 unspecified atom stereocenters. The fourth-order valence-electron chi connectivity index (χ4n) is 3.76. The zero-order valence-corrected chi connectivity index (χ0v) is 22.8. The molecule has 0 aliphatic carbocycles. The van der Waals surface area contributed by atoms with Crippen LogP contribution in [0, 0.1) is 0 Å². The van der Waals surface area contributed by atoms with Gasteiger partial charge in [-0.25, -0.2) is 0 Å². The molecule has 0 rings (SSSR count). The van der Waals surface area contributed by atoms with Crippen LogP contribution < -0.4 is 0 Å². The second-order valence-electron chi connectivity index (χ2n) is 9.56. The molecule has 33 heavy (non-hydrogen) atoms. The Kier molecular flexibility index (Phi) is 29.7. The fourth-order valence-corrected chi connectivity index (χ4v) is 3.76. The predicted octanol–water partition coefficient (Wildman–Crippen LogP) is 6.88. The lowest BCUT2D eigenvalue weighted by atomic mass is 10.0. The number of likely N-dealkylation sites (N-methyl/N-ethyl adjacent to an activating group) is 1. The Balaban J connectivity index is 3.00. The molecule has 0 fully saturated rings. The van der Waals surface area contributed by atoms with Crippen LogP contribution >= 0.6 is 0 Å². The van der Waals surface area contributed by atoms with E-state index in [1.165, 1.54) is 103 Å². The highest BCUT2D eigenvalue weighted by molar-refractivity contribution is 4.50. The summed E-state index contributed by atoms with van der Waals surface area (Å²) in [6, 6.07) is 0. The second-order valence-corrected chi connectivity index (χ2v) is 9.56. The van der Waals surface area contributed by atoms with Crippen molar-refractivity contribution in [1.29, 1.82) is 0 Å². The Hall–Kier alpha value is -0.200. The summed E-state index contributed by atoms with van der Waals surface area (Å²) in [6.07, 6.45) is 22.4. The van der Waals surface area contributed by atoms with Crippen LogP contribution in [0.3, 0.4) is 0 Å². The molecule has 0 radical (unpaired) electrons. The van der Waals surface area contributed by atoms with Crippen molar-refractivity contribution >= 4 is 0 Å². The third kappa shape index (κ3) is 31.8. The molecule has 0 aromatic carbocycles. The van der Waals surface area contributed by atoms with E-state index in [0.717, 1.165) is 19.8 Å². The lowest BCUT2D eigenvalue weighted by Crippen LogP contribution is -2.19. The quantitative estimate of drug-likeness (QED) is 0.111. The van der Waals surface area contributed by atoms with Crippen molar-refractivity contribution in [2.24, 2.45) is 0 Å². The van der Waals surface area contributed by atoms with Gasteiger partial charge in [-0.2, -0.15) is 0 Å². The van der Waals surface area contributed by atoms with Gasteiger partial charge in [0, 0.05) is 13.2 Å². The van der Waals surface area contributed by atoms with Gasteiger partial charge in [-0.05, 0) is 20.5 Å². The second kappa shape index (κ2) is 29.8. The van der Waals surface area contributed by atoms with Gasteiger partial charge in [0.05, 0.1) is 46.2 Å². The van der Waals surface area contributed by atoms with Crippen molar-refractivity contribution < 1.29 is 18.9 Å².